The van der Waals surface area contributed by atoms with Crippen LogP contribution in [0.25, 0.3) is 0 Å². The van der Waals surface area contributed by atoms with Crippen LogP contribution in [0.4, 0.5) is 0 Å². The number of hydrogen-bond donors (Lipinski definition) is 1. The Labute approximate surface area is 122 Å². The van der Waals surface area contributed by atoms with Crippen molar-refractivity contribution in [2.45, 2.75) is 38.4 Å². The van der Waals surface area contributed by atoms with Crippen LogP contribution in [-0.4, -0.2) is 44.8 Å². The molecule has 4 heteroatoms. The molecular formula is C16H26N2O2. The lowest BCUT2D eigenvalue weighted by Crippen LogP contribution is -2.45. The van der Waals surface area contributed by atoms with E-state index in [2.05, 4.69) is 30.3 Å². The number of methoxy groups -OCH3 is 2. The Morgan fingerprint density at radius 2 is 2.10 bits per heavy atom. The number of ether oxygens (including phenoxy) is 2. The summed E-state index contributed by atoms with van der Waals surface area (Å²) in [5.41, 5.74) is 1.18. The fourth-order valence-corrected chi connectivity index (χ4v) is 2.73. The molecule has 4 nitrogen and oxygen atoms in total. The lowest BCUT2D eigenvalue weighted by atomic mass is 9.98. The molecule has 1 heterocycles. The number of nitrogens with zero attached hydrogens (tertiary/aromatic N) is 1. The third-order valence-electron chi connectivity index (χ3n) is 4.28. The minimum absolute atomic E-state index is 0.591. The van der Waals surface area contributed by atoms with E-state index in [1.807, 2.05) is 12.1 Å². The zero-order valence-corrected chi connectivity index (χ0v) is 13.0. The minimum Gasteiger partial charge on any atom is -0.497 e. The molecule has 1 aliphatic rings. The molecule has 20 heavy (non-hydrogen) atoms. The molecule has 2 atom stereocenters. The number of benzene rings is 1. The molecule has 112 valence electrons. The maximum Gasteiger partial charge on any atom is 0.127 e. The molecule has 0 bridgehead atoms. The Hall–Kier alpha value is -1.26. The van der Waals surface area contributed by atoms with Gasteiger partial charge in [0.1, 0.15) is 11.5 Å². The van der Waals surface area contributed by atoms with Gasteiger partial charge in [-0.25, -0.2) is 0 Å². The van der Waals surface area contributed by atoms with E-state index in [9.17, 15) is 0 Å². The van der Waals surface area contributed by atoms with Gasteiger partial charge in [0.2, 0.25) is 0 Å². The van der Waals surface area contributed by atoms with Crippen molar-refractivity contribution < 1.29 is 9.47 Å². The van der Waals surface area contributed by atoms with E-state index in [0.29, 0.717) is 12.1 Å². The van der Waals surface area contributed by atoms with Crippen molar-refractivity contribution in [2.24, 2.45) is 0 Å². The van der Waals surface area contributed by atoms with Crippen molar-refractivity contribution >= 4 is 0 Å². The van der Waals surface area contributed by atoms with Crippen molar-refractivity contribution in [1.82, 2.24) is 10.2 Å². The fraction of sp³-hybridized carbons (Fsp3) is 0.625. The normalized spacial score (nSPS) is 23.6. The number of piperidine rings is 1. The van der Waals surface area contributed by atoms with Crippen molar-refractivity contribution in [3.8, 4) is 11.5 Å². The van der Waals surface area contributed by atoms with Gasteiger partial charge in [-0.15, -0.1) is 0 Å². The molecule has 0 aromatic heterocycles. The molecule has 2 unspecified atom stereocenters. The quantitative estimate of drug-likeness (QED) is 0.896. The van der Waals surface area contributed by atoms with E-state index < -0.39 is 0 Å². The minimum atomic E-state index is 0.591. The molecular weight excluding hydrogens is 252 g/mol. The standard InChI is InChI=1S/C16H26N2O2/c1-12-9-14(7-8-18(12)2)17-11-13-5-6-15(19-3)10-16(13)20-4/h5-6,10,12,14,17H,7-9,11H2,1-4H3. The second-order valence-corrected chi connectivity index (χ2v) is 5.61. The van der Waals surface area contributed by atoms with Gasteiger partial charge in [-0.05, 0) is 39.4 Å². The summed E-state index contributed by atoms with van der Waals surface area (Å²) in [6, 6.07) is 7.24. The summed E-state index contributed by atoms with van der Waals surface area (Å²) in [5, 5.41) is 3.65. The molecule has 1 fully saturated rings. The summed E-state index contributed by atoms with van der Waals surface area (Å²) in [6.45, 7) is 4.30. The smallest absolute Gasteiger partial charge is 0.127 e. The van der Waals surface area contributed by atoms with E-state index >= 15 is 0 Å². The van der Waals surface area contributed by atoms with Crippen molar-refractivity contribution in [2.75, 3.05) is 27.8 Å². The maximum atomic E-state index is 5.44. The Kier molecular flexibility index (Phi) is 5.26. The number of rotatable bonds is 5. The molecule has 0 amide bonds. The third-order valence-corrected chi connectivity index (χ3v) is 4.28. The molecule has 0 aliphatic carbocycles. The first-order valence-corrected chi connectivity index (χ1v) is 7.28. The molecule has 1 aromatic carbocycles. The van der Waals surface area contributed by atoms with E-state index in [-0.39, 0.29) is 0 Å². The molecule has 1 saturated heterocycles. The first-order chi connectivity index (χ1) is 9.63. The van der Waals surface area contributed by atoms with Gasteiger partial charge >= 0.3 is 0 Å². The van der Waals surface area contributed by atoms with Crippen LogP contribution in [-0.2, 0) is 6.54 Å². The zero-order chi connectivity index (χ0) is 14.5. The van der Waals surface area contributed by atoms with Crippen LogP contribution in [0.1, 0.15) is 25.3 Å². The fourth-order valence-electron chi connectivity index (χ4n) is 2.73. The monoisotopic (exact) mass is 278 g/mol. The maximum absolute atomic E-state index is 5.44. The summed E-state index contributed by atoms with van der Waals surface area (Å²) in [6.07, 6.45) is 2.41. The molecule has 0 saturated carbocycles. The summed E-state index contributed by atoms with van der Waals surface area (Å²) < 4.78 is 10.7. The Morgan fingerprint density at radius 3 is 2.75 bits per heavy atom. The highest BCUT2D eigenvalue weighted by atomic mass is 16.5. The number of likely N-dealkylation sites (tertiary alicyclic amines) is 1. The Bertz CT molecular complexity index is 436. The molecule has 0 radical (unpaired) electrons. The van der Waals surface area contributed by atoms with Gasteiger partial charge in [0.25, 0.3) is 0 Å². The van der Waals surface area contributed by atoms with Gasteiger partial charge in [-0.2, -0.15) is 0 Å². The average Bonchev–Trinajstić information content (AvgIpc) is 2.48. The summed E-state index contributed by atoms with van der Waals surface area (Å²) in [7, 11) is 5.58. The first-order valence-electron chi connectivity index (χ1n) is 7.28. The van der Waals surface area contributed by atoms with E-state index in [0.717, 1.165) is 18.0 Å². The topological polar surface area (TPSA) is 33.7 Å². The van der Waals surface area contributed by atoms with Crippen molar-refractivity contribution in [1.29, 1.82) is 0 Å². The highest BCUT2D eigenvalue weighted by Crippen LogP contribution is 2.25. The van der Waals surface area contributed by atoms with Crippen LogP contribution in [0.5, 0.6) is 11.5 Å². The van der Waals surface area contributed by atoms with Crippen LogP contribution in [0.2, 0.25) is 0 Å². The Morgan fingerprint density at radius 1 is 1.30 bits per heavy atom. The van der Waals surface area contributed by atoms with Crippen LogP contribution in [0.3, 0.4) is 0 Å². The molecule has 0 spiro atoms. The number of nitrogens with one attached hydrogen (secondary N) is 1. The third kappa shape index (κ3) is 3.64. The zero-order valence-electron chi connectivity index (χ0n) is 13.0. The van der Waals surface area contributed by atoms with Gasteiger partial charge in [-0.1, -0.05) is 6.07 Å². The highest BCUT2D eigenvalue weighted by Gasteiger charge is 2.22. The van der Waals surface area contributed by atoms with Gasteiger partial charge in [0.15, 0.2) is 0 Å². The Balaban J connectivity index is 1.93. The van der Waals surface area contributed by atoms with E-state index in [4.69, 9.17) is 9.47 Å². The van der Waals surface area contributed by atoms with Gasteiger partial charge < -0.3 is 19.7 Å². The lowest BCUT2D eigenvalue weighted by molar-refractivity contribution is 0.168. The van der Waals surface area contributed by atoms with Crippen LogP contribution < -0.4 is 14.8 Å². The lowest BCUT2D eigenvalue weighted by Gasteiger charge is -2.35. The SMILES string of the molecule is COc1ccc(CNC2CCN(C)C(C)C2)c(OC)c1. The van der Waals surface area contributed by atoms with E-state index in [1.54, 1.807) is 14.2 Å². The van der Waals surface area contributed by atoms with Crippen molar-refractivity contribution in [3.63, 3.8) is 0 Å². The largest absolute Gasteiger partial charge is 0.497 e. The van der Waals surface area contributed by atoms with Crippen LogP contribution >= 0.6 is 0 Å². The summed E-state index contributed by atoms with van der Waals surface area (Å²) in [4.78, 5) is 2.42. The first kappa shape index (κ1) is 15.1. The second kappa shape index (κ2) is 6.95. The second-order valence-electron chi connectivity index (χ2n) is 5.61. The van der Waals surface area contributed by atoms with Gasteiger partial charge in [0, 0.05) is 30.3 Å². The van der Waals surface area contributed by atoms with Gasteiger partial charge in [0.05, 0.1) is 14.2 Å². The van der Waals surface area contributed by atoms with Crippen LogP contribution in [0, 0.1) is 0 Å². The average molecular weight is 278 g/mol. The van der Waals surface area contributed by atoms with Crippen LogP contribution in [0.15, 0.2) is 18.2 Å². The number of hydrogen-bond acceptors (Lipinski definition) is 4. The molecule has 2 rings (SSSR count). The summed E-state index contributed by atoms with van der Waals surface area (Å²) in [5.74, 6) is 1.72. The van der Waals surface area contributed by atoms with Crippen molar-refractivity contribution in [3.05, 3.63) is 23.8 Å². The van der Waals surface area contributed by atoms with E-state index in [1.165, 1.54) is 24.9 Å². The molecule has 1 N–H and O–H groups in total. The predicted octanol–water partition coefficient (Wildman–Crippen LogP) is 2.28. The van der Waals surface area contributed by atoms with Gasteiger partial charge in [-0.3, -0.25) is 0 Å². The predicted molar refractivity (Wildman–Crippen MR) is 81.5 cm³/mol. The molecule has 1 aliphatic heterocycles. The summed E-state index contributed by atoms with van der Waals surface area (Å²) >= 11 is 0. The highest BCUT2D eigenvalue weighted by molar-refractivity contribution is 5.40. The molecule has 1 aromatic rings.